The van der Waals surface area contributed by atoms with Crippen LogP contribution in [0.25, 0.3) is 0 Å². The smallest absolute Gasteiger partial charge is 0.321 e. The minimum Gasteiger partial charge on any atom is -0.324 e. The highest BCUT2D eigenvalue weighted by Gasteiger charge is 2.26. The molecule has 2 unspecified atom stereocenters. The predicted octanol–water partition coefficient (Wildman–Crippen LogP) is 3.87. The number of rotatable bonds is 4. The van der Waals surface area contributed by atoms with Gasteiger partial charge in [-0.3, -0.25) is 0 Å². The number of nitrogens with one attached hydrogen (secondary N) is 2. The van der Waals surface area contributed by atoms with E-state index < -0.39 is 0 Å². The topological polar surface area (TPSA) is 44.4 Å². The number of hydrogen-bond donors (Lipinski definition) is 2. The largest absolute Gasteiger partial charge is 0.324 e. The zero-order valence-electron chi connectivity index (χ0n) is 14.3. The molecular weight excluding hydrogens is 262 g/mol. The van der Waals surface area contributed by atoms with Gasteiger partial charge < -0.3 is 15.5 Å². The fraction of sp³-hybridized carbons (Fsp3) is 0.588. The summed E-state index contributed by atoms with van der Waals surface area (Å²) in [6.07, 6.45) is 0. The third kappa shape index (κ3) is 4.74. The molecular formula is C17H29N3O. The van der Waals surface area contributed by atoms with E-state index in [0.717, 1.165) is 5.69 Å². The molecule has 0 aliphatic heterocycles. The summed E-state index contributed by atoms with van der Waals surface area (Å²) in [6.45, 7) is 10.6. The van der Waals surface area contributed by atoms with Gasteiger partial charge in [0.05, 0.1) is 0 Å². The SMILES string of the molecule is CNC(C)c1ccc(NC(=O)N(C)C(C)C(C)(C)C)cc1. The highest BCUT2D eigenvalue weighted by atomic mass is 16.2. The number of anilines is 1. The summed E-state index contributed by atoms with van der Waals surface area (Å²) in [5, 5.41) is 6.14. The van der Waals surface area contributed by atoms with Crippen molar-refractivity contribution in [2.45, 2.75) is 46.7 Å². The monoisotopic (exact) mass is 291 g/mol. The van der Waals surface area contributed by atoms with E-state index in [4.69, 9.17) is 0 Å². The van der Waals surface area contributed by atoms with E-state index in [2.05, 4.69) is 45.3 Å². The van der Waals surface area contributed by atoms with Gasteiger partial charge in [-0.1, -0.05) is 32.9 Å². The maximum absolute atomic E-state index is 12.3. The quantitative estimate of drug-likeness (QED) is 0.884. The number of nitrogens with zero attached hydrogens (tertiary/aromatic N) is 1. The van der Waals surface area contributed by atoms with Gasteiger partial charge in [-0.2, -0.15) is 0 Å². The van der Waals surface area contributed by atoms with Crippen molar-refractivity contribution in [1.29, 1.82) is 0 Å². The normalized spacial score (nSPS) is 14.4. The Labute approximate surface area is 128 Å². The molecule has 1 aromatic rings. The van der Waals surface area contributed by atoms with Gasteiger partial charge in [-0.25, -0.2) is 4.79 Å². The van der Waals surface area contributed by atoms with Crippen LogP contribution in [0.4, 0.5) is 10.5 Å². The Balaban J connectivity index is 2.71. The van der Waals surface area contributed by atoms with Crippen LogP contribution in [0.3, 0.4) is 0 Å². The highest BCUT2D eigenvalue weighted by Crippen LogP contribution is 2.23. The molecule has 118 valence electrons. The fourth-order valence-electron chi connectivity index (χ4n) is 1.99. The van der Waals surface area contributed by atoms with Crippen LogP contribution < -0.4 is 10.6 Å². The molecule has 0 aliphatic rings. The Morgan fingerprint density at radius 3 is 2.10 bits per heavy atom. The number of hydrogen-bond acceptors (Lipinski definition) is 2. The lowest BCUT2D eigenvalue weighted by Crippen LogP contribution is -2.44. The van der Waals surface area contributed by atoms with Crippen LogP contribution in [-0.2, 0) is 0 Å². The lowest BCUT2D eigenvalue weighted by atomic mass is 9.87. The van der Waals surface area contributed by atoms with E-state index in [1.807, 2.05) is 38.4 Å². The third-order valence-corrected chi connectivity index (χ3v) is 4.25. The molecule has 2 atom stereocenters. The fourth-order valence-corrected chi connectivity index (χ4v) is 1.99. The zero-order chi connectivity index (χ0) is 16.2. The Morgan fingerprint density at radius 2 is 1.67 bits per heavy atom. The van der Waals surface area contributed by atoms with Gasteiger partial charge in [0.1, 0.15) is 0 Å². The molecule has 1 rings (SSSR count). The average Bonchev–Trinajstić information content (AvgIpc) is 2.44. The average molecular weight is 291 g/mol. The number of carbonyl (C=O) groups excluding carboxylic acids is 1. The summed E-state index contributed by atoms with van der Waals surface area (Å²) in [5.41, 5.74) is 2.07. The molecule has 0 heterocycles. The molecule has 4 nitrogen and oxygen atoms in total. The molecule has 0 bridgehead atoms. The molecule has 0 radical (unpaired) electrons. The van der Waals surface area contributed by atoms with Crippen molar-refractivity contribution >= 4 is 11.7 Å². The molecule has 0 aliphatic carbocycles. The molecule has 0 fully saturated rings. The number of benzene rings is 1. The van der Waals surface area contributed by atoms with Crippen LogP contribution in [0.15, 0.2) is 24.3 Å². The van der Waals surface area contributed by atoms with Gasteiger partial charge in [0.2, 0.25) is 0 Å². The van der Waals surface area contributed by atoms with Crippen molar-refractivity contribution in [3.8, 4) is 0 Å². The Hall–Kier alpha value is -1.55. The van der Waals surface area contributed by atoms with Crippen LogP contribution in [0.5, 0.6) is 0 Å². The van der Waals surface area contributed by atoms with Crippen molar-refractivity contribution in [2.75, 3.05) is 19.4 Å². The van der Waals surface area contributed by atoms with E-state index in [-0.39, 0.29) is 17.5 Å². The van der Waals surface area contributed by atoms with E-state index in [0.29, 0.717) is 6.04 Å². The molecule has 21 heavy (non-hydrogen) atoms. The molecule has 0 saturated carbocycles. The summed E-state index contributed by atoms with van der Waals surface area (Å²) in [4.78, 5) is 14.0. The van der Waals surface area contributed by atoms with Gasteiger partial charge in [0.25, 0.3) is 0 Å². The lowest BCUT2D eigenvalue weighted by Gasteiger charge is -2.35. The second kappa shape index (κ2) is 6.94. The Kier molecular flexibility index (Phi) is 5.78. The molecule has 4 heteroatoms. The lowest BCUT2D eigenvalue weighted by molar-refractivity contribution is 0.156. The van der Waals surface area contributed by atoms with Crippen molar-refractivity contribution in [2.24, 2.45) is 5.41 Å². The standard InChI is InChI=1S/C17H29N3O/c1-12(18-6)14-8-10-15(11-9-14)19-16(21)20(7)13(2)17(3,4)5/h8-13,18H,1-7H3,(H,19,21). The summed E-state index contributed by atoms with van der Waals surface area (Å²) in [7, 11) is 3.77. The van der Waals surface area contributed by atoms with E-state index in [9.17, 15) is 4.79 Å². The Morgan fingerprint density at radius 1 is 1.14 bits per heavy atom. The summed E-state index contributed by atoms with van der Waals surface area (Å²) in [5.74, 6) is 0. The first-order valence-electron chi connectivity index (χ1n) is 7.48. The maximum Gasteiger partial charge on any atom is 0.321 e. The molecule has 0 spiro atoms. The van der Waals surface area contributed by atoms with Gasteiger partial charge >= 0.3 is 6.03 Å². The predicted molar refractivity (Wildman–Crippen MR) is 89.6 cm³/mol. The third-order valence-electron chi connectivity index (χ3n) is 4.25. The van der Waals surface area contributed by atoms with Crippen molar-refractivity contribution in [3.05, 3.63) is 29.8 Å². The number of urea groups is 1. The summed E-state index contributed by atoms with van der Waals surface area (Å²) < 4.78 is 0. The first-order valence-corrected chi connectivity index (χ1v) is 7.48. The van der Waals surface area contributed by atoms with Gasteiger partial charge in [0.15, 0.2) is 0 Å². The van der Waals surface area contributed by atoms with Crippen LogP contribution in [0.1, 0.15) is 46.2 Å². The van der Waals surface area contributed by atoms with Crippen LogP contribution >= 0.6 is 0 Å². The van der Waals surface area contributed by atoms with Crippen molar-refractivity contribution < 1.29 is 4.79 Å². The maximum atomic E-state index is 12.3. The summed E-state index contributed by atoms with van der Waals surface area (Å²) >= 11 is 0. The number of amides is 2. The van der Waals surface area contributed by atoms with Gasteiger partial charge in [-0.05, 0) is 44.0 Å². The molecule has 1 aromatic carbocycles. The van der Waals surface area contributed by atoms with Gasteiger partial charge in [-0.15, -0.1) is 0 Å². The molecule has 2 amide bonds. The van der Waals surface area contributed by atoms with E-state index >= 15 is 0 Å². The summed E-state index contributed by atoms with van der Waals surface area (Å²) in [6, 6.07) is 8.33. The minimum atomic E-state index is -0.0770. The van der Waals surface area contributed by atoms with E-state index in [1.54, 1.807) is 4.90 Å². The second-order valence-corrected chi connectivity index (χ2v) is 6.72. The Bertz CT molecular complexity index is 462. The zero-order valence-corrected chi connectivity index (χ0v) is 14.3. The second-order valence-electron chi connectivity index (χ2n) is 6.72. The number of carbonyl (C=O) groups is 1. The molecule has 0 aromatic heterocycles. The minimum absolute atomic E-state index is 0.0537. The van der Waals surface area contributed by atoms with E-state index in [1.165, 1.54) is 5.56 Å². The molecule has 2 N–H and O–H groups in total. The van der Waals surface area contributed by atoms with Crippen LogP contribution in [0, 0.1) is 5.41 Å². The first-order chi connectivity index (χ1) is 9.66. The van der Waals surface area contributed by atoms with Crippen LogP contribution in [0.2, 0.25) is 0 Å². The van der Waals surface area contributed by atoms with Crippen molar-refractivity contribution in [1.82, 2.24) is 10.2 Å². The van der Waals surface area contributed by atoms with Crippen LogP contribution in [-0.4, -0.2) is 31.1 Å². The van der Waals surface area contributed by atoms with Crippen molar-refractivity contribution in [3.63, 3.8) is 0 Å². The first kappa shape index (κ1) is 17.5. The molecule has 0 saturated heterocycles. The van der Waals surface area contributed by atoms with Gasteiger partial charge in [0, 0.05) is 24.8 Å². The highest BCUT2D eigenvalue weighted by molar-refractivity contribution is 5.89.